The van der Waals surface area contributed by atoms with E-state index in [-0.39, 0.29) is 18.2 Å². The second-order valence-electron chi connectivity index (χ2n) is 7.13. The number of thiophene rings is 2. The van der Waals surface area contributed by atoms with Crippen molar-refractivity contribution in [3.63, 3.8) is 0 Å². The molecule has 32 heavy (non-hydrogen) atoms. The van der Waals surface area contributed by atoms with E-state index in [9.17, 15) is 16.8 Å². The molecule has 0 fully saturated rings. The molecule has 4 rings (SSSR count). The van der Waals surface area contributed by atoms with Crippen LogP contribution in [0.25, 0.3) is 9.75 Å². The van der Waals surface area contributed by atoms with Crippen LogP contribution in [0.3, 0.4) is 0 Å². The molecule has 0 aliphatic rings. The summed E-state index contributed by atoms with van der Waals surface area (Å²) in [5.41, 5.74) is 1.95. The summed E-state index contributed by atoms with van der Waals surface area (Å²) in [6.45, 7) is 3.79. The van der Waals surface area contributed by atoms with Crippen molar-refractivity contribution in [2.24, 2.45) is 0 Å². The van der Waals surface area contributed by atoms with E-state index in [2.05, 4.69) is 31.9 Å². The van der Waals surface area contributed by atoms with Crippen LogP contribution in [0.4, 0.5) is 0 Å². The van der Waals surface area contributed by atoms with Gasteiger partial charge in [0.1, 0.15) is 8.42 Å². The summed E-state index contributed by atoms with van der Waals surface area (Å²) in [6.07, 6.45) is 0. The molecule has 0 unspecified atom stereocenters. The first-order chi connectivity index (χ1) is 15.0. The molecular formula is C22H16Br2O4S4. The van der Waals surface area contributed by atoms with E-state index in [1.807, 2.05) is 13.8 Å². The molecule has 4 aromatic rings. The van der Waals surface area contributed by atoms with Crippen molar-refractivity contribution in [3.8, 4) is 9.75 Å². The fourth-order valence-corrected chi connectivity index (χ4v) is 11.2. The number of hydrogen-bond donors (Lipinski definition) is 0. The molecule has 0 atom stereocenters. The molecule has 0 N–H and O–H groups in total. The molecule has 0 saturated carbocycles. The molecule has 2 heterocycles. The van der Waals surface area contributed by atoms with Crippen molar-refractivity contribution in [2.75, 3.05) is 0 Å². The van der Waals surface area contributed by atoms with E-state index in [0.717, 1.165) is 33.8 Å². The zero-order chi connectivity index (χ0) is 23.3. The van der Waals surface area contributed by atoms with Gasteiger partial charge in [-0.3, -0.25) is 0 Å². The summed E-state index contributed by atoms with van der Waals surface area (Å²) >= 11 is 8.97. The SMILES string of the molecule is Cc1ccc(S(=O)(=O)c2sc(-c3cc(Br)c(S(=O)(=O)c4ccc(C)cc4)s3)cc2Br)cc1. The number of aryl methyl sites for hydroxylation is 2. The first-order valence-corrected chi connectivity index (χ1v) is 15.4. The van der Waals surface area contributed by atoms with Gasteiger partial charge in [0, 0.05) is 18.7 Å². The van der Waals surface area contributed by atoms with Gasteiger partial charge in [0.25, 0.3) is 0 Å². The summed E-state index contributed by atoms with van der Waals surface area (Å²) in [4.78, 5) is 1.76. The van der Waals surface area contributed by atoms with Crippen LogP contribution in [0.5, 0.6) is 0 Å². The predicted octanol–water partition coefficient (Wildman–Crippen LogP) is 7.28. The molecule has 0 radical (unpaired) electrons. The van der Waals surface area contributed by atoms with Gasteiger partial charge in [-0.15, -0.1) is 22.7 Å². The lowest BCUT2D eigenvalue weighted by Crippen LogP contribution is -2.00. The molecule has 10 heteroatoms. The highest BCUT2D eigenvalue weighted by atomic mass is 79.9. The molecule has 166 valence electrons. The standard InChI is InChI=1S/C22H16Br2O4S4/c1-13-3-7-15(8-4-13)31(25,26)21-17(23)11-19(29-21)20-12-18(24)22(30-20)32(27,28)16-9-5-14(2)6-10-16/h3-12H,1-2H3. The highest BCUT2D eigenvalue weighted by Gasteiger charge is 2.27. The van der Waals surface area contributed by atoms with Crippen LogP contribution < -0.4 is 0 Å². The summed E-state index contributed by atoms with van der Waals surface area (Å²) in [7, 11) is -7.41. The quantitative estimate of drug-likeness (QED) is 0.232. The average molecular weight is 632 g/mol. The number of hydrogen-bond acceptors (Lipinski definition) is 6. The second kappa shape index (κ2) is 8.81. The van der Waals surface area contributed by atoms with Gasteiger partial charge < -0.3 is 0 Å². The minimum atomic E-state index is -3.71. The normalized spacial score (nSPS) is 12.2. The number of benzene rings is 2. The van der Waals surface area contributed by atoms with Crippen LogP contribution in [-0.2, 0) is 19.7 Å². The Labute approximate surface area is 212 Å². The molecule has 0 spiro atoms. The lowest BCUT2D eigenvalue weighted by molar-refractivity contribution is 0.596. The maximum Gasteiger partial charge on any atom is 0.217 e. The predicted molar refractivity (Wildman–Crippen MR) is 136 cm³/mol. The van der Waals surface area contributed by atoms with Gasteiger partial charge in [-0.05, 0) is 82.1 Å². The monoisotopic (exact) mass is 630 g/mol. The zero-order valence-electron chi connectivity index (χ0n) is 16.8. The van der Waals surface area contributed by atoms with Gasteiger partial charge in [0.2, 0.25) is 19.7 Å². The Kier molecular flexibility index (Phi) is 6.56. The van der Waals surface area contributed by atoms with Crippen molar-refractivity contribution >= 4 is 74.2 Å². The maximum absolute atomic E-state index is 13.1. The maximum atomic E-state index is 13.1. The first kappa shape index (κ1) is 23.8. The van der Waals surface area contributed by atoms with Crippen molar-refractivity contribution in [3.05, 3.63) is 80.7 Å². The Hall–Kier alpha value is -1.30. The number of rotatable bonds is 5. The van der Waals surface area contributed by atoms with Crippen LogP contribution in [0.1, 0.15) is 11.1 Å². The summed E-state index contributed by atoms with van der Waals surface area (Å²) in [5, 5.41) is 0. The van der Waals surface area contributed by atoms with Gasteiger partial charge in [0.05, 0.1) is 9.79 Å². The Morgan fingerprint density at radius 2 is 0.906 bits per heavy atom. The van der Waals surface area contributed by atoms with Gasteiger partial charge in [-0.1, -0.05) is 35.4 Å². The molecule has 0 saturated heterocycles. The van der Waals surface area contributed by atoms with Crippen LogP contribution in [0, 0.1) is 13.8 Å². The molecule has 0 aliphatic carbocycles. The molecule has 2 aromatic heterocycles. The van der Waals surface area contributed by atoms with E-state index >= 15 is 0 Å². The van der Waals surface area contributed by atoms with Crippen LogP contribution in [-0.4, -0.2) is 16.8 Å². The molecule has 0 aliphatic heterocycles. The van der Waals surface area contributed by atoms with Gasteiger partial charge in [-0.25, -0.2) is 16.8 Å². The molecule has 0 bridgehead atoms. The number of halogens is 2. The lowest BCUT2D eigenvalue weighted by Gasteiger charge is -2.03. The van der Waals surface area contributed by atoms with Crippen LogP contribution >= 0.6 is 54.5 Å². The first-order valence-electron chi connectivity index (χ1n) is 9.23. The van der Waals surface area contributed by atoms with Crippen molar-refractivity contribution < 1.29 is 16.8 Å². The van der Waals surface area contributed by atoms with Crippen LogP contribution in [0.2, 0.25) is 0 Å². The Bertz CT molecular complexity index is 1400. The fourth-order valence-electron chi connectivity index (χ4n) is 2.96. The lowest BCUT2D eigenvalue weighted by atomic mass is 10.2. The van der Waals surface area contributed by atoms with E-state index in [0.29, 0.717) is 18.7 Å². The molecule has 0 amide bonds. The summed E-state index contributed by atoms with van der Waals surface area (Å²) in [6, 6.07) is 16.8. The average Bonchev–Trinajstić information content (AvgIpc) is 3.32. The number of sulfone groups is 2. The van der Waals surface area contributed by atoms with Gasteiger partial charge in [0.15, 0.2) is 0 Å². The Balaban J connectivity index is 1.75. The molecular weight excluding hydrogens is 616 g/mol. The minimum Gasteiger partial charge on any atom is -0.218 e. The molecule has 4 nitrogen and oxygen atoms in total. The van der Waals surface area contributed by atoms with Gasteiger partial charge in [-0.2, -0.15) is 0 Å². The van der Waals surface area contributed by atoms with Crippen molar-refractivity contribution in [1.29, 1.82) is 0 Å². The van der Waals surface area contributed by atoms with E-state index < -0.39 is 19.7 Å². The topological polar surface area (TPSA) is 68.3 Å². The zero-order valence-corrected chi connectivity index (χ0v) is 23.2. The van der Waals surface area contributed by atoms with E-state index in [1.165, 1.54) is 0 Å². The molecule has 2 aromatic carbocycles. The third kappa shape index (κ3) is 4.41. The highest BCUT2D eigenvalue weighted by Crippen LogP contribution is 2.46. The van der Waals surface area contributed by atoms with Gasteiger partial charge >= 0.3 is 0 Å². The third-order valence-corrected chi connectivity index (χ3v) is 14.1. The van der Waals surface area contributed by atoms with Crippen molar-refractivity contribution in [2.45, 2.75) is 32.1 Å². The smallest absolute Gasteiger partial charge is 0.217 e. The second-order valence-corrected chi connectivity index (χ2v) is 15.2. The van der Waals surface area contributed by atoms with Crippen LogP contribution in [0.15, 0.2) is 87.8 Å². The Morgan fingerprint density at radius 1 is 0.594 bits per heavy atom. The highest BCUT2D eigenvalue weighted by molar-refractivity contribution is 9.10. The van der Waals surface area contributed by atoms with E-state index in [4.69, 9.17) is 0 Å². The third-order valence-electron chi connectivity index (χ3n) is 4.70. The van der Waals surface area contributed by atoms with Crippen molar-refractivity contribution in [1.82, 2.24) is 0 Å². The summed E-state index contributed by atoms with van der Waals surface area (Å²) in [5.74, 6) is 0. The summed E-state index contributed by atoms with van der Waals surface area (Å²) < 4.78 is 53.8. The minimum absolute atomic E-state index is 0.184. The Morgan fingerprint density at radius 3 is 1.22 bits per heavy atom. The fraction of sp³-hybridized carbons (Fsp3) is 0.0909. The van der Waals surface area contributed by atoms with E-state index in [1.54, 1.807) is 60.7 Å². The largest absolute Gasteiger partial charge is 0.218 e.